The average molecular weight is 274 g/mol. The van der Waals surface area contributed by atoms with E-state index in [4.69, 9.17) is 14.6 Å². The van der Waals surface area contributed by atoms with Crippen molar-refractivity contribution in [3.05, 3.63) is 29.5 Å². The van der Waals surface area contributed by atoms with Crippen molar-refractivity contribution in [1.82, 2.24) is 4.98 Å². The van der Waals surface area contributed by atoms with Crippen LogP contribution in [0.15, 0.2) is 23.2 Å². The van der Waals surface area contributed by atoms with E-state index in [0.717, 1.165) is 29.9 Å². The summed E-state index contributed by atoms with van der Waals surface area (Å²) in [6.45, 7) is 2.21. The Balaban J connectivity index is 1.72. The van der Waals surface area contributed by atoms with Crippen LogP contribution in [0, 0.1) is 0 Å². The van der Waals surface area contributed by atoms with Crippen molar-refractivity contribution < 1.29 is 14.6 Å². The highest BCUT2D eigenvalue weighted by atomic mass is 16.5. The fourth-order valence-electron chi connectivity index (χ4n) is 2.43. The minimum absolute atomic E-state index is 0.0446. The van der Waals surface area contributed by atoms with Crippen LogP contribution in [0.5, 0.6) is 5.75 Å². The van der Waals surface area contributed by atoms with E-state index in [0.29, 0.717) is 19.8 Å². The van der Waals surface area contributed by atoms with E-state index in [1.54, 1.807) is 0 Å². The van der Waals surface area contributed by atoms with Crippen molar-refractivity contribution in [1.29, 1.82) is 0 Å². The number of ether oxygens (including phenoxy) is 2. The van der Waals surface area contributed by atoms with E-state index in [1.165, 1.54) is 10.9 Å². The van der Waals surface area contributed by atoms with Gasteiger partial charge in [0.05, 0.1) is 25.5 Å². The van der Waals surface area contributed by atoms with Crippen molar-refractivity contribution in [3.8, 4) is 5.75 Å². The molecule has 0 radical (unpaired) electrons. The second kappa shape index (κ2) is 6.07. The van der Waals surface area contributed by atoms with E-state index in [9.17, 15) is 0 Å². The number of aromatic amines is 1. The van der Waals surface area contributed by atoms with Gasteiger partial charge in [-0.2, -0.15) is 0 Å². The lowest BCUT2D eigenvalue weighted by Crippen LogP contribution is -2.09. The molecule has 0 fully saturated rings. The quantitative estimate of drug-likeness (QED) is 0.785. The number of nitrogens with one attached hydrogen (secondary N) is 1. The molecule has 5 heteroatoms. The maximum Gasteiger partial charge on any atom is 0.120 e. The number of hydrogen-bond acceptors (Lipinski definition) is 4. The first kappa shape index (κ1) is 13.1. The number of H-pyrrole nitrogens is 1. The molecule has 1 aliphatic rings. The van der Waals surface area contributed by atoms with Gasteiger partial charge in [-0.1, -0.05) is 0 Å². The van der Waals surface area contributed by atoms with Crippen LogP contribution >= 0.6 is 0 Å². The molecule has 2 aromatic rings. The Bertz CT molecular complexity index is 619. The molecule has 0 bridgehead atoms. The van der Waals surface area contributed by atoms with Gasteiger partial charge in [-0.3, -0.25) is 4.99 Å². The number of aliphatic hydroxyl groups is 1. The Hall–Kier alpha value is -1.85. The van der Waals surface area contributed by atoms with Gasteiger partial charge in [-0.15, -0.1) is 0 Å². The van der Waals surface area contributed by atoms with Crippen molar-refractivity contribution in [3.63, 3.8) is 0 Å². The first-order chi connectivity index (χ1) is 9.88. The Labute approximate surface area is 117 Å². The molecule has 1 aromatic heterocycles. The van der Waals surface area contributed by atoms with Crippen LogP contribution in [0.3, 0.4) is 0 Å². The topological polar surface area (TPSA) is 66.8 Å². The molecule has 0 saturated carbocycles. The fraction of sp³-hybridized carbons (Fsp3) is 0.400. The van der Waals surface area contributed by atoms with E-state index in [1.807, 2.05) is 18.3 Å². The van der Waals surface area contributed by atoms with Crippen LogP contribution in [-0.2, 0) is 11.2 Å². The Morgan fingerprint density at radius 3 is 3.10 bits per heavy atom. The lowest BCUT2D eigenvalue weighted by atomic mass is 10.1. The number of aliphatic imine (C=N–C) groups is 1. The first-order valence-electron chi connectivity index (χ1n) is 6.84. The molecule has 0 saturated heterocycles. The highest BCUT2D eigenvalue weighted by Crippen LogP contribution is 2.27. The predicted octanol–water partition coefficient (Wildman–Crippen LogP) is 1.53. The molecule has 1 aliphatic heterocycles. The summed E-state index contributed by atoms with van der Waals surface area (Å²) in [6, 6.07) is 6.05. The van der Waals surface area contributed by atoms with Crippen molar-refractivity contribution in [2.75, 3.05) is 33.0 Å². The number of fused-ring (bicyclic) bond motifs is 3. The normalized spacial score (nSPS) is 13.7. The van der Waals surface area contributed by atoms with Crippen LogP contribution in [0.4, 0.5) is 0 Å². The van der Waals surface area contributed by atoms with Crippen LogP contribution in [0.1, 0.15) is 11.3 Å². The molecule has 0 unspecified atom stereocenters. The van der Waals surface area contributed by atoms with Gasteiger partial charge in [0.2, 0.25) is 0 Å². The third-order valence-electron chi connectivity index (χ3n) is 3.35. The van der Waals surface area contributed by atoms with Gasteiger partial charge >= 0.3 is 0 Å². The zero-order chi connectivity index (χ0) is 13.8. The number of aromatic nitrogens is 1. The third-order valence-corrected chi connectivity index (χ3v) is 3.35. The van der Waals surface area contributed by atoms with Gasteiger partial charge in [0.1, 0.15) is 12.4 Å². The van der Waals surface area contributed by atoms with Crippen LogP contribution in [0.25, 0.3) is 10.9 Å². The van der Waals surface area contributed by atoms with E-state index >= 15 is 0 Å². The number of nitrogens with zero attached hydrogens (tertiary/aromatic N) is 1. The first-order valence-corrected chi connectivity index (χ1v) is 6.84. The Morgan fingerprint density at radius 2 is 2.20 bits per heavy atom. The summed E-state index contributed by atoms with van der Waals surface area (Å²) in [7, 11) is 0. The number of aliphatic hydroxyl groups excluding tert-OH is 1. The number of rotatable bonds is 6. The SMILES string of the molecule is OCCOCCOc1ccc2[nH]c3c(c2c1)CCN=C3. The summed E-state index contributed by atoms with van der Waals surface area (Å²) in [6.07, 6.45) is 2.87. The maximum atomic E-state index is 8.61. The van der Waals surface area contributed by atoms with Crippen molar-refractivity contribution in [2.24, 2.45) is 4.99 Å². The monoisotopic (exact) mass is 274 g/mol. The summed E-state index contributed by atoms with van der Waals surface area (Å²) in [5, 5.41) is 9.82. The van der Waals surface area contributed by atoms with E-state index < -0.39 is 0 Å². The summed E-state index contributed by atoms with van der Waals surface area (Å²) >= 11 is 0. The van der Waals surface area contributed by atoms with Gasteiger partial charge in [0.15, 0.2) is 0 Å². The molecule has 2 heterocycles. The van der Waals surface area contributed by atoms with Crippen LogP contribution in [0.2, 0.25) is 0 Å². The van der Waals surface area contributed by atoms with E-state index in [-0.39, 0.29) is 6.61 Å². The van der Waals surface area contributed by atoms with Gasteiger partial charge in [-0.05, 0) is 30.2 Å². The molecule has 3 rings (SSSR count). The molecule has 2 N–H and O–H groups in total. The maximum absolute atomic E-state index is 8.61. The second-order valence-electron chi connectivity index (χ2n) is 4.69. The molecule has 0 spiro atoms. The summed E-state index contributed by atoms with van der Waals surface area (Å²) in [5.74, 6) is 0.842. The molecular formula is C15H18N2O3. The third kappa shape index (κ3) is 2.69. The van der Waals surface area contributed by atoms with Gasteiger partial charge in [0, 0.05) is 23.7 Å². The zero-order valence-corrected chi connectivity index (χ0v) is 11.3. The highest BCUT2D eigenvalue weighted by molar-refractivity contribution is 5.95. The number of benzene rings is 1. The number of hydrogen-bond donors (Lipinski definition) is 2. The Morgan fingerprint density at radius 1 is 1.25 bits per heavy atom. The lowest BCUT2D eigenvalue weighted by Gasteiger charge is -2.08. The fourth-order valence-corrected chi connectivity index (χ4v) is 2.43. The van der Waals surface area contributed by atoms with Crippen LogP contribution in [-0.4, -0.2) is 49.3 Å². The molecule has 106 valence electrons. The Kier molecular flexibility index (Phi) is 3.99. The van der Waals surface area contributed by atoms with Crippen LogP contribution < -0.4 is 4.74 Å². The predicted molar refractivity (Wildman–Crippen MR) is 77.9 cm³/mol. The second-order valence-corrected chi connectivity index (χ2v) is 4.69. The standard InChI is InChI=1S/C15H18N2O3/c18-5-6-19-7-8-20-11-1-2-14-13(9-11)12-3-4-16-10-15(12)17-14/h1-2,9-10,17-18H,3-8H2. The molecule has 5 nitrogen and oxygen atoms in total. The summed E-state index contributed by atoms with van der Waals surface area (Å²) in [5.41, 5.74) is 3.54. The van der Waals surface area contributed by atoms with Gasteiger partial charge < -0.3 is 19.6 Å². The summed E-state index contributed by atoms with van der Waals surface area (Å²) in [4.78, 5) is 7.66. The molecule has 20 heavy (non-hydrogen) atoms. The van der Waals surface area contributed by atoms with E-state index in [2.05, 4.69) is 16.0 Å². The smallest absolute Gasteiger partial charge is 0.120 e. The molecule has 1 aromatic carbocycles. The largest absolute Gasteiger partial charge is 0.491 e. The average Bonchev–Trinajstić information content (AvgIpc) is 2.85. The zero-order valence-electron chi connectivity index (χ0n) is 11.3. The van der Waals surface area contributed by atoms with Gasteiger partial charge in [0.25, 0.3) is 0 Å². The van der Waals surface area contributed by atoms with Crippen molar-refractivity contribution in [2.45, 2.75) is 6.42 Å². The minimum Gasteiger partial charge on any atom is -0.491 e. The van der Waals surface area contributed by atoms with Gasteiger partial charge in [-0.25, -0.2) is 0 Å². The summed E-state index contributed by atoms with van der Waals surface area (Å²) < 4.78 is 10.8. The lowest BCUT2D eigenvalue weighted by molar-refractivity contribution is 0.0705. The molecule has 0 atom stereocenters. The highest BCUT2D eigenvalue weighted by Gasteiger charge is 2.13. The minimum atomic E-state index is 0.0446. The van der Waals surface area contributed by atoms with Crippen molar-refractivity contribution >= 4 is 17.1 Å². The molecule has 0 amide bonds. The molecule has 0 aliphatic carbocycles. The molecular weight excluding hydrogens is 256 g/mol.